The second-order valence-electron chi connectivity index (χ2n) is 7.52. The highest BCUT2D eigenvalue weighted by Crippen LogP contribution is 2.29. The molecule has 0 saturated carbocycles. The molecule has 3 rings (SSSR count). The van der Waals surface area contributed by atoms with Crippen LogP contribution in [0.4, 0.5) is 11.4 Å². The van der Waals surface area contributed by atoms with Gasteiger partial charge < -0.3 is 20.3 Å². The summed E-state index contributed by atoms with van der Waals surface area (Å²) in [5.41, 5.74) is 4.54. The second kappa shape index (κ2) is 9.54. The SMILES string of the molecule is COCC(=O)Nc1cccc(CNC(=O)C2CC(=O)N(c3cccc(C)c3C)C2)c1. The Morgan fingerprint density at radius 3 is 2.70 bits per heavy atom. The quantitative estimate of drug-likeness (QED) is 0.736. The van der Waals surface area contributed by atoms with Crippen LogP contribution in [0.3, 0.4) is 0 Å². The Labute approximate surface area is 176 Å². The number of aryl methyl sites for hydroxylation is 1. The van der Waals surface area contributed by atoms with Crippen LogP contribution < -0.4 is 15.5 Å². The molecule has 2 aromatic carbocycles. The molecule has 1 aliphatic rings. The molecule has 0 aliphatic carbocycles. The first-order valence-electron chi connectivity index (χ1n) is 9.91. The van der Waals surface area contributed by atoms with Gasteiger partial charge in [0.05, 0.1) is 5.92 Å². The predicted octanol–water partition coefficient (Wildman–Crippen LogP) is 2.56. The molecular formula is C23H27N3O4. The zero-order valence-corrected chi connectivity index (χ0v) is 17.5. The van der Waals surface area contributed by atoms with Gasteiger partial charge in [-0.1, -0.05) is 24.3 Å². The van der Waals surface area contributed by atoms with Crippen LogP contribution in [0.1, 0.15) is 23.1 Å². The smallest absolute Gasteiger partial charge is 0.250 e. The molecule has 2 aromatic rings. The van der Waals surface area contributed by atoms with Gasteiger partial charge in [0.15, 0.2) is 0 Å². The number of hydrogen-bond donors (Lipinski definition) is 2. The van der Waals surface area contributed by atoms with Crippen LogP contribution in [0.15, 0.2) is 42.5 Å². The topological polar surface area (TPSA) is 87.7 Å². The summed E-state index contributed by atoms with van der Waals surface area (Å²) in [5, 5.41) is 5.65. The number of nitrogens with zero attached hydrogens (tertiary/aromatic N) is 1. The number of carbonyl (C=O) groups excluding carboxylic acids is 3. The summed E-state index contributed by atoms with van der Waals surface area (Å²) in [5.74, 6) is -0.812. The first-order valence-corrected chi connectivity index (χ1v) is 9.91. The lowest BCUT2D eigenvalue weighted by Crippen LogP contribution is -2.32. The van der Waals surface area contributed by atoms with Crippen molar-refractivity contribution in [1.29, 1.82) is 0 Å². The van der Waals surface area contributed by atoms with Crippen molar-refractivity contribution in [2.75, 3.05) is 30.5 Å². The molecule has 1 aliphatic heterocycles. The summed E-state index contributed by atoms with van der Waals surface area (Å²) >= 11 is 0. The van der Waals surface area contributed by atoms with Crippen molar-refractivity contribution in [3.05, 3.63) is 59.2 Å². The minimum atomic E-state index is -0.387. The van der Waals surface area contributed by atoms with Crippen molar-refractivity contribution in [3.63, 3.8) is 0 Å². The van der Waals surface area contributed by atoms with E-state index in [0.29, 0.717) is 18.8 Å². The molecule has 0 bridgehead atoms. The maximum absolute atomic E-state index is 12.7. The van der Waals surface area contributed by atoms with E-state index in [0.717, 1.165) is 22.4 Å². The van der Waals surface area contributed by atoms with Gasteiger partial charge in [0.1, 0.15) is 6.61 Å². The lowest BCUT2D eigenvalue weighted by molar-refractivity contribution is -0.126. The van der Waals surface area contributed by atoms with Crippen LogP contribution in [-0.2, 0) is 25.7 Å². The van der Waals surface area contributed by atoms with E-state index in [2.05, 4.69) is 10.6 Å². The molecule has 30 heavy (non-hydrogen) atoms. The molecule has 2 N–H and O–H groups in total. The molecule has 7 heteroatoms. The molecule has 1 saturated heterocycles. The third-order valence-corrected chi connectivity index (χ3v) is 5.32. The Balaban J connectivity index is 1.59. The zero-order chi connectivity index (χ0) is 21.7. The van der Waals surface area contributed by atoms with E-state index in [1.165, 1.54) is 7.11 Å². The number of carbonyl (C=O) groups is 3. The average Bonchev–Trinajstić information content (AvgIpc) is 3.10. The van der Waals surface area contributed by atoms with Crippen molar-refractivity contribution in [2.45, 2.75) is 26.8 Å². The number of benzene rings is 2. The molecule has 3 amide bonds. The van der Waals surface area contributed by atoms with Crippen LogP contribution in [0.2, 0.25) is 0 Å². The molecule has 1 unspecified atom stereocenters. The number of ether oxygens (including phenoxy) is 1. The van der Waals surface area contributed by atoms with Crippen LogP contribution in [0, 0.1) is 19.8 Å². The van der Waals surface area contributed by atoms with Gasteiger partial charge in [-0.15, -0.1) is 0 Å². The monoisotopic (exact) mass is 409 g/mol. The van der Waals surface area contributed by atoms with Crippen molar-refractivity contribution in [2.24, 2.45) is 5.92 Å². The van der Waals surface area contributed by atoms with E-state index in [4.69, 9.17) is 4.74 Å². The van der Waals surface area contributed by atoms with Crippen LogP contribution in [0.25, 0.3) is 0 Å². The van der Waals surface area contributed by atoms with Gasteiger partial charge in [0, 0.05) is 38.0 Å². The number of hydrogen-bond acceptors (Lipinski definition) is 4. The van der Waals surface area contributed by atoms with Gasteiger partial charge in [-0.2, -0.15) is 0 Å². The second-order valence-corrected chi connectivity index (χ2v) is 7.52. The van der Waals surface area contributed by atoms with E-state index in [1.807, 2.05) is 44.2 Å². The standard InChI is InChI=1S/C23H27N3O4/c1-15-6-4-9-20(16(15)2)26-13-18(11-22(26)28)23(29)24-12-17-7-5-8-19(10-17)25-21(27)14-30-3/h4-10,18H,11-14H2,1-3H3,(H,24,29)(H,25,27). The summed E-state index contributed by atoms with van der Waals surface area (Å²) in [7, 11) is 1.46. The summed E-state index contributed by atoms with van der Waals surface area (Å²) in [4.78, 5) is 38.5. The maximum Gasteiger partial charge on any atom is 0.250 e. The largest absolute Gasteiger partial charge is 0.375 e. The average molecular weight is 409 g/mol. The minimum absolute atomic E-state index is 0.0203. The molecule has 1 heterocycles. The molecule has 7 nitrogen and oxygen atoms in total. The molecule has 0 spiro atoms. The fourth-order valence-corrected chi connectivity index (χ4v) is 3.56. The van der Waals surface area contributed by atoms with E-state index in [9.17, 15) is 14.4 Å². The molecule has 0 aromatic heterocycles. The Morgan fingerprint density at radius 2 is 1.93 bits per heavy atom. The van der Waals surface area contributed by atoms with Gasteiger partial charge in [0.2, 0.25) is 17.7 Å². The highest BCUT2D eigenvalue weighted by Gasteiger charge is 2.35. The molecule has 158 valence electrons. The minimum Gasteiger partial charge on any atom is -0.375 e. The fourth-order valence-electron chi connectivity index (χ4n) is 3.56. The fraction of sp³-hybridized carbons (Fsp3) is 0.348. The van der Waals surface area contributed by atoms with Crippen LogP contribution in [-0.4, -0.2) is 38.0 Å². The Kier molecular flexibility index (Phi) is 6.84. The summed E-state index contributed by atoms with van der Waals surface area (Å²) < 4.78 is 4.80. The predicted molar refractivity (Wildman–Crippen MR) is 115 cm³/mol. The third kappa shape index (κ3) is 5.04. The molecule has 1 atom stereocenters. The van der Waals surface area contributed by atoms with Crippen LogP contribution in [0.5, 0.6) is 0 Å². The summed E-state index contributed by atoms with van der Waals surface area (Å²) in [6, 6.07) is 13.1. The number of methoxy groups -OCH3 is 1. The van der Waals surface area contributed by atoms with Gasteiger partial charge >= 0.3 is 0 Å². The highest BCUT2D eigenvalue weighted by atomic mass is 16.5. The normalized spacial score (nSPS) is 15.9. The van der Waals surface area contributed by atoms with Gasteiger partial charge in [-0.05, 0) is 48.7 Å². The van der Waals surface area contributed by atoms with Crippen molar-refractivity contribution < 1.29 is 19.1 Å². The van der Waals surface area contributed by atoms with Gasteiger partial charge in [-0.3, -0.25) is 14.4 Å². The number of nitrogens with one attached hydrogen (secondary N) is 2. The number of rotatable bonds is 7. The van der Waals surface area contributed by atoms with E-state index >= 15 is 0 Å². The Hall–Kier alpha value is -3.19. The molecular weight excluding hydrogens is 382 g/mol. The van der Waals surface area contributed by atoms with Crippen molar-refractivity contribution in [3.8, 4) is 0 Å². The molecule has 0 radical (unpaired) electrons. The van der Waals surface area contributed by atoms with Crippen molar-refractivity contribution in [1.82, 2.24) is 5.32 Å². The van der Waals surface area contributed by atoms with Crippen molar-refractivity contribution >= 4 is 29.1 Å². The third-order valence-electron chi connectivity index (χ3n) is 5.32. The maximum atomic E-state index is 12.7. The number of amides is 3. The summed E-state index contributed by atoms with van der Waals surface area (Å²) in [6.07, 6.45) is 0.201. The first kappa shape index (κ1) is 21.5. The van der Waals surface area contributed by atoms with Crippen LogP contribution >= 0.6 is 0 Å². The summed E-state index contributed by atoms with van der Waals surface area (Å²) in [6.45, 7) is 4.68. The van der Waals surface area contributed by atoms with E-state index in [1.54, 1.807) is 17.0 Å². The van der Waals surface area contributed by atoms with Gasteiger partial charge in [-0.25, -0.2) is 0 Å². The Morgan fingerprint density at radius 1 is 1.17 bits per heavy atom. The molecule has 1 fully saturated rings. The zero-order valence-electron chi connectivity index (χ0n) is 17.5. The lowest BCUT2D eigenvalue weighted by Gasteiger charge is -2.20. The highest BCUT2D eigenvalue weighted by molar-refractivity contribution is 6.01. The van der Waals surface area contributed by atoms with E-state index in [-0.39, 0.29) is 36.7 Å². The lowest BCUT2D eigenvalue weighted by atomic mass is 10.1. The Bertz CT molecular complexity index is 957. The first-order chi connectivity index (χ1) is 14.4. The van der Waals surface area contributed by atoms with Gasteiger partial charge in [0.25, 0.3) is 0 Å². The number of anilines is 2. The van der Waals surface area contributed by atoms with E-state index < -0.39 is 0 Å².